The lowest BCUT2D eigenvalue weighted by Crippen LogP contribution is -2.57. The van der Waals surface area contributed by atoms with Crippen LogP contribution in [-0.2, 0) is 20.7 Å². The van der Waals surface area contributed by atoms with Crippen molar-refractivity contribution in [2.24, 2.45) is 5.92 Å². The molecule has 0 heterocycles. The summed E-state index contributed by atoms with van der Waals surface area (Å²) in [6.45, 7) is 13.7. The molecule has 43 heavy (non-hydrogen) atoms. The number of carbonyl (C=O) groups is 3. The summed E-state index contributed by atoms with van der Waals surface area (Å²) >= 11 is 0. The first-order valence-corrected chi connectivity index (χ1v) is 16.1. The smallest absolute Gasteiger partial charge is 0.408 e. The number of alkyl carbamates (subject to hydrolysis) is 1. The van der Waals surface area contributed by atoms with Crippen molar-refractivity contribution in [1.82, 2.24) is 15.5 Å². The van der Waals surface area contributed by atoms with Crippen LogP contribution in [-0.4, -0.2) is 46.5 Å². The molecular weight excluding hydrogens is 538 g/mol. The van der Waals surface area contributed by atoms with Crippen molar-refractivity contribution in [2.75, 3.05) is 0 Å². The van der Waals surface area contributed by atoms with Crippen LogP contribution in [0.15, 0.2) is 54.6 Å². The number of nitrogens with zero attached hydrogens (tertiary/aromatic N) is 1. The van der Waals surface area contributed by atoms with Gasteiger partial charge in [-0.05, 0) is 77.3 Å². The van der Waals surface area contributed by atoms with Crippen molar-refractivity contribution in [1.29, 1.82) is 0 Å². The average molecular weight is 592 g/mol. The van der Waals surface area contributed by atoms with Crippen molar-refractivity contribution >= 4 is 17.9 Å². The van der Waals surface area contributed by atoms with Gasteiger partial charge < -0.3 is 20.3 Å². The van der Waals surface area contributed by atoms with Crippen LogP contribution >= 0.6 is 0 Å². The van der Waals surface area contributed by atoms with E-state index in [0.717, 1.165) is 55.2 Å². The van der Waals surface area contributed by atoms with Crippen LogP contribution in [0.4, 0.5) is 4.79 Å². The van der Waals surface area contributed by atoms with Crippen molar-refractivity contribution in [3.63, 3.8) is 0 Å². The third kappa shape index (κ3) is 11.0. The number of aryl methyl sites for hydroxylation is 1. The summed E-state index contributed by atoms with van der Waals surface area (Å²) in [7, 11) is 0. The van der Waals surface area contributed by atoms with Crippen LogP contribution in [0, 0.1) is 12.8 Å². The molecule has 0 spiro atoms. The normalized spacial score (nSPS) is 16.2. The van der Waals surface area contributed by atoms with E-state index in [1.54, 1.807) is 25.7 Å². The third-order valence-corrected chi connectivity index (χ3v) is 8.00. The maximum Gasteiger partial charge on any atom is 0.408 e. The quantitative estimate of drug-likeness (QED) is 0.272. The lowest BCUT2D eigenvalue weighted by molar-refractivity contribution is -0.145. The maximum absolute atomic E-state index is 14.8. The molecule has 3 amide bonds. The molecular formula is C36H53N3O4. The van der Waals surface area contributed by atoms with E-state index in [1.165, 1.54) is 6.42 Å². The fraction of sp³-hybridized carbons (Fsp3) is 0.583. The number of rotatable bonds is 12. The second kappa shape index (κ2) is 15.9. The Hall–Kier alpha value is -3.35. The minimum absolute atomic E-state index is 0.0940. The van der Waals surface area contributed by atoms with Gasteiger partial charge in [-0.2, -0.15) is 0 Å². The molecule has 3 rings (SSSR count). The highest BCUT2D eigenvalue weighted by molar-refractivity contribution is 5.92. The number of hydrogen-bond donors (Lipinski definition) is 2. The minimum Gasteiger partial charge on any atom is -0.444 e. The summed E-state index contributed by atoms with van der Waals surface area (Å²) < 4.78 is 5.58. The minimum atomic E-state index is -0.923. The van der Waals surface area contributed by atoms with Crippen molar-refractivity contribution < 1.29 is 19.1 Å². The van der Waals surface area contributed by atoms with Gasteiger partial charge in [0.25, 0.3) is 0 Å². The molecule has 236 valence electrons. The molecule has 0 saturated heterocycles. The van der Waals surface area contributed by atoms with Gasteiger partial charge in [0.15, 0.2) is 0 Å². The summed E-state index contributed by atoms with van der Waals surface area (Å²) in [5.41, 5.74) is 1.97. The highest BCUT2D eigenvalue weighted by atomic mass is 16.6. The number of ether oxygens (including phenoxy) is 1. The van der Waals surface area contributed by atoms with Gasteiger partial charge in [-0.25, -0.2) is 4.79 Å². The summed E-state index contributed by atoms with van der Waals surface area (Å²) in [5.74, 6) is -0.0258. The molecule has 3 unspecified atom stereocenters. The maximum atomic E-state index is 14.8. The van der Waals surface area contributed by atoms with Crippen LogP contribution in [0.2, 0.25) is 0 Å². The zero-order valence-corrected chi connectivity index (χ0v) is 27.3. The van der Waals surface area contributed by atoms with Gasteiger partial charge in [-0.3, -0.25) is 9.59 Å². The summed E-state index contributed by atoms with van der Waals surface area (Å²) in [6.07, 6.45) is 6.50. The van der Waals surface area contributed by atoms with Crippen LogP contribution in [0.1, 0.15) is 109 Å². The van der Waals surface area contributed by atoms with Gasteiger partial charge in [-0.15, -0.1) is 0 Å². The highest BCUT2D eigenvalue weighted by Gasteiger charge is 2.39. The predicted octanol–water partition coefficient (Wildman–Crippen LogP) is 7.27. The Balaban J connectivity index is 2.07. The Morgan fingerprint density at radius 1 is 0.930 bits per heavy atom. The molecule has 0 aliphatic heterocycles. The zero-order valence-electron chi connectivity index (χ0n) is 27.3. The Labute approximate surface area is 259 Å². The lowest BCUT2D eigenvalue weighted by Gasteiger charge is -2.39. The molecule has 2 aromatic rings. The molecule has 1 aliphatic carbocycles. The van der Waals surface area contributed by atoms with E-state index in [2.05, 4.69) is 24.5 Å². The van der Waals surface area contributed by atoms with Crippen molar-refractivity contribution in [2.45, 2.75) is 130 Å². The fourth-order valence-corrected chi connectivity index (χ4v) is 5.80. The number of nitrogens with one attached hydrogen (secondary N) is 2. The van der Waals surface area contributed by atoms with E-state index < -0.39 is 23.8 Å². The molecule has 1 fully saturated rings. The summed E-state index contributed by atoms with van der Waals surface area (Å²) in [5, 5.41) is 6.18. The second-order valence-corrected chi connectivity index (χ2v) is 13.6. The topological polar surface area (TPSA) is 87.7 Å². The monoisotopic (exact) mass is 591 g/mol. The Bertz CT molecular complexity index is 1180. The average Bonchev–Trinajstić information content (AvgIpc) is 2.94. The Kier molecular flexibility index (Phi) is 12.6. The van der Waals surface area contributed by atoms with E-state index in [9.17, 15) is 14.4 Å². The van der Waals surface area contributed by atoms with E-state index in [4.69, 9.17) is 4.74 Å². The largest absolute Gasteiger partial charge is 0.444 e. The highest BCUT2D eigenvalue weighted by Crippen LogP contribution is 2.29. The molecule has 1 aliphatic rings. The summed E-state index contributed by atoms with van der Waals surface area (Å²) in [4.78, 5) is 43.9. The third-order valence-electron chi connectivity index (χ3n) is 8.00. The first-order chi connectivity index (χ1) is 20.3. The number of carbonyl (C=O) groups excluding carboxylic acids is 3. The van der Waals surface area contributed by atoms with Crippen LogP contribution in [0.5, 0.6) is 0 Å². The van der Waals surface area contributed by atoms with Crippen molar-refractivity contribution in [3.8, 4) is 0 Å². The second-order valence-electron chi connectivity index (χ2n) is 13.6. The van der Waals surface area contributed by atoms with E-state index in [0.29, 0.717) is 5.92 Å². The SMILES string of the molecule is Cc1cccc(C(C(=O)NC2CCCCC2)N(C(=O)C(Cc2ccccc2)NC(=O)OC(C)(C)C)C(C)CCC(C)C)c1. The van der Waals surface area contributed by atoms with E-state index >= 15 is 0 Å². The molecule has 7 nitrogen and oxygen atoms in total. The van der Waals surface area contributed by atoms with Gasteiger partial charge in [0.2, 0.25) is 11.8 Å². The van der Waals surface area contributed by atoms with E-state index in [-0.39, 0.29) is 30.3 Å². The standard InChI is InChI=1S/C36H53N3O4/c1-25(2)21-22-27(4)39(32(29-18-14-15-26(3)23-29)33(40)37-30-19-12-9-13-20-30)34(41)31(24-28-16-10-8-11-17-28)38-35(42)43-36(5,6)7/h8,10-11,14-18,23,25,27,30-32H,9,12-13,19-22,24H2,1-7H3,(H,37,40)(H,38,42). The van der Waals surface area contributed by atoms with Crippen LogP contribution in [0.3, 0.4) is 0 Å². The first kappa shape index (κ1) is 34.1. The van der Waals surface area contributed by atoms with Crippen LogP contribution < -0.4 is 10.6 Å². The molecule has 1 saturated carbocycles. The van der Waals surface area contributed by atoms with Crippen molar-refractivity contribution in [3.05, 3.63) is 71.3 Å². The van der Waals surface area contributed by atoms with E-state index in [1.807, 2.05) is 68.4 Å². The molecule has 7 heteroatoms. The predicted molar refractivity (Wildman–Crippen MR) is 173 cm³/mol. The molecule has 0 aromatic heterocycles. The van der Waals surface area contributed by atoms with Gasteiger partial charge in [0.1, 0.15) is 17.7 Å². The molecule has 0 bridgehead atoms. The first-order valence-electron chi connectivity index (χ1n) is 16.1. The van der Waals surface area contributed by atoms with Crippen LogP contribution in [0.25, 0.3) is 0 Å². The molecule has 2 aromatic carbocycles. The lowest BCUT2D eigenvalue weighted by atomic mass is 9.93. The summed E-state index contributed by atoms with van der Waals surface area (Å²) in [6, 6.07) is 15.6. The molecule has 0 radical (unpaired) electrons. The Morgan fingerprint density at radius 2 is 1.60 bits per heavy atom. The van der Waals surface area contributed by atoms with Gasteiger partial charge in [0, 0.05) is 18.5 Å². The zero-order chi connectivity index (χ0) is 31.6. The molecule has 3 atom stereocenters. The number of hydrogen-bond acceptors (Lipinski definition) is 4. The van der Waals surface area contributed by atoms with Gasteiger partial charge in [-0.1, -0.05) is 93.3 Å². The fourth-order valence-electron chi connectivity index (χ4n) is 5.80. The molecule has 2 N–H and O–H groups in total. The Morgan fingerprint density at radius 3 is 2.21 bits per heavy atom. The van der Waals surface area contributed by atoms with Gasteiger partial charge >= 0.3 is 6.09 Å². The van der Waals surface area contributed by atoms with Gasteiger partial charge in [0.05, 0.1) is 0 Å². The number of amides is 3. The number of benzene rings is 2.